The first-order valence-corrected chi connectivity index (χ1v) is 4.38. The highest BCUT2D eigenvalue weighted by Crippen LogP contribution is 2.70. The van der Waals surface area contributed by atoms with Gasteiger partial charge in [0, 0.05) is 11.5 Å². The van der Waals surface area contributed by atoms with Crippen molar-refractivity contribution in [3.63, 3.8) is 0 Å². The van der Waals surface area contributed by atoms with Gasteiger partial charge in [-0.15, -0.1) is 0 Å². The lowest BCUT2D eigenvalue weighted by atomic mass is 10.3. The molecule has 0 aromatic heterocycles. The lowest BCUT2D eigenvalue weighted by Crippen LogP contribution is -2.39. The molecule has 0 aromatic rings. The van der Waals surface area contributed by atoms with Gasteiger partial charge in [-0.05, 0) is 12.8 Å². The highest BCUT2D eigenvalue weighted by atomic mass is 19.4. The number of alkyl halides is 3. The van der Waals surface area contributed by atoms with Crippen molar-refractivity contribution >= 4 is 11.9 Å². The molecule has 3 atom stereocenters. The van der Waals surface area contributed by atoms with Crippen LogP contribution < -0.4 is 5.32 Å². The maximum Gasteiger partial charge on any atom is 0.471 e. The lowest BCUT2D eigenvalue weighted by molar-refractivity contribution is -0.173. The maximum absolute atomic E-state index is 11.8. The minimum atomic E-state index is -4.89. The Bertz CT molecular complexity index is 341. The van der Waals surface area contributed by atoms with Gasteiger partial charge in [0.05, 0.1) is 5.92 Å². The quantitative estimate of drug-likeness (QED) is 0.717. The van der Waals surface area contributed by atoms with Crippen molar-refractivity contribution in [2.75, 3.05) is 0 Å². The van der Waals surface area contributed by atoms with Gasteiger partial charge in [-0.1, -0.05) is 0 Å². The number of hydrogen-bond donors (Lipinski definition) is 2. The zero-order chi connectivity index (χ0) is 11.4. The summed E-state index contributed by atoms with van der Waals surface area (Å²) in [6, 6.07) is -0.618. The number of carbonyl (C=O) groups excluding carboxylic acids is 1. The molecule has 1 amide bonds. The van der Waals surface area contributed by atoms with E-state index in [0.29, 0.717) is 12.8 Å². The Labute approximate surface area is 82.4 Å². The van der Waals surface area contributed by atoms with E-state index in [4.69, 9.17) is 5.11 Å². The highest BCUT2D eigenvalue weighted by Gasteiger charge is 2.74. The van der Waals surface area contributed by atoms with Crippen LogP contribution in [0.2, 0.25) is 0 Å². The van der Waals surface area contributed by atoms with E-state index in [1.54, 1.807) is 5.32 Å². The van der Waals surface area contributed by atoms with Crippen LogP contribution in [-0.2, 0) is 9.59 Å². The van der Waals surface area contributed by atoms with E-state index in [1.165, 1.54) is 0 Å². The molecule has 2 N–H and O–H groups in total. The van der Waals surface area contributed by atoms with Gasteiger partial charge >= 0.3 is 18.1 Å². The molecule has 0 heterocycles. The summed E-state index contributed by atoms with van der Waals surface area (Å²) in [5.41, 5.74) is -0.577. The van der Waals surface area contributed by atoms with Gasteiger partial charge < -0.3 is 10.4 Å². The van der Waals surface area contributed by atoms with Crippen LogP contribution in [-0.4, -0.2) is 29.2 Å². The van der Waals surface area contributed by atoms with Gasteiger partial charge in [0.2, 0.25) is 0 Å². The molecule has 2 aliphatic rings. The second-order valence-corrected chi connectivity index (χ2v) is 4.06. The molecule has 15 heavy (non-hydrogen) atoms. The Morgan fingerprint density at radius 3 is 2.33 bits per heavy atom. The number of carboxylic acid groups (broad SMARTS) is 1. The van der Waals surface area contributed by atoms with Crippen molar-refractivity contribution in [1.82, 2.24) is 5.32 Å². The second-order valence-electron chi connectivity index (χ2n) is 4.06. The first-order valence-electron chi connectivity index (χ1n) is 4.38. The fourth-order valence-electron chi connectivity index (χ4n) is 2.02. The van der Waals surface area contributed by atoms with E-state index >= 15 is 0 Å². The first-order chi connectivity index (χ1) is 6.77. The smallest absolute Gasteiger partial charge is 0.471 e. The van der Waals surface area contributed by atoms with Crippen LogP contribution in [0.3, 0.4) is 0 Å². The first kappa shape index (κ1) is 10.3. The topological polar surface area (TPSA) is 66.4 Å². The molecule has 2 aliphatic carbocycles. The average molecular weight is 223 g/mol. The van der Waals surface area contributed by atoms with Crippen molar-refractivity contribution < 1.29 is 27.9 Å². The highest BCUT2D eigenvalue weighted by molar-refractivity contribution is 5.83. The minimum absolute atomic E-state index is 0.339. The lowest BCUT2D eigenvalue weighted by Gasteiger charge is -2.06. The van der Waals surface area contributed by atoms with E-state index in [2.05, 4.69) is 0 Å². The molecule has 0 aromatic carbocycles. The summed E-state index contributed by atoms with van der Waals surface area (Å²) in [5.74, 6) is -3.57. The number of carboxylic acids is 1. The zero-order valence-corrected chi connectivity index (χ0v) is 7.47. The molecular formula is C8H8F3NO3. The molecule has 2 rings (SSSR count). The third-order valence-electron chi connectivity index (χ3n) is 3.10. The van der Waals surface area contributed by atoms with Crippen molar-refractivity contribution in [3.8, 4) is 0 Å². The van der Waals surface area contributed by atoms with E-state index in [-0.39, 0.29) is 0 Å². The molecule has 7 heteroatoms. The number of carbonyl (C=O) groups is 2. The zero-order valence-electron chi connectivity index (χ0n) is 7.47. The van der Waals surface area contributed by atoms with Crippen molar-refractivity contribution in [2.45, 2.75) is 25.1 Å². The third kappa shape index (κ3) is 1.55. The van der Waals surface area contributed by atoms with Crippen LogP contribution in [0, 0.1) is 11.3 Å². The monoisotopic (exact) mass is 223 g/mol. The summed E-state index contributed by atoms with van der Waals surface area (Å²) in [4.78, 5) is 21.0. The van der Waals surface area contributed by atoms with Crippen LogP contribution >= 0.6 is 0 Å². The van der Waals surface area contributed by atoms with Gasteiger partial charge in [0.25, 0.3) is 0 Å². The fraction of sp³-hybridized carbons (Fsp3) is 0.750. The predicted molar refractivity (Wildman–Crippen MR) is 40.8 cm³/mol. The molecule has 0 bridgehead atoms. The van der Waals surface area contributed by atoms with Crippen molar-refractivity contribution in [1.29, 1.82) is 0 Å². The van der Waals surface area contributed by atoms with Crippen molar-refractivity contribution in [2.24, 2.45) is 11.3 Å². The molecule has 0 aliphatic heterocycles. The molecule has 84 valence electrons. The number of halogens is 3. The van der Waals surface area contributed by atoms with E-state index in [9.17, 15) is 22.8 Å². The molecule has 3 unspecified atom stereocenters. The van der Waals surface area contributed by atoms with Gasteiger partial charge in [-0.3, -0.25) is 9.59 Å². The molecular weight excluding hydrogens is 215 g/mol. The van der Waals surface area contributed by atoms with E-state index < -0.39 is 35.4 Å². The number of amides is 1. The maximum atomic E-state index is 11.8. The Hall–Kier alpha value is -1.27. The summed E-state index contributed by atoms with van der Waals surface area (Å²) in [6.07, 6.45) is -4.19. The molecule has 1 spiro atoms. The Kier molecular flexibility index (Phi) is 1.81. The van der Waals surface area contributed by atoms with Crippen LogP contribution in [0.15, 0.2) is 0 Å². The van der Waals surface area contributed by atoms with Gasteiger partial charge in [0.15, 0.2) is 0 Å². The second kappa shape index (κ2) is 2.65. The van der Waals surface area contributed by atoms with Gasteiger partial charge in [-0.2, -0.15) is 13.2 Å². The largest absolute Gasteiger partial charge is 0.481 e. The van der Waals surface area contributed by atoms with Crippen LogP contribution in [0.5, 0.6) is 0 Å². The summed E-state index contributed by atoms with van der Waals surface area (Å²) < 4.78 is 35.5. The Morgan fingerprint density at radius 1 is 1.33 bits per heavy atom. The molecule has 0 radical (unpaired) electrons. The SMILES string of the molecule is O=C(O)C1CC12CC2NC(=O)C(F)(F)F. The fourth-order valence-corrected chi connectivity index (χ4v) is 2.02. The van der Waals surface area contributed by atoms with Crippen LogP contribution in [0.25, 0.3) is 0 Å². The summed E-state index contributed by atoms with van der Waals surface area (Å²) in [7, 11) is 0. The third-order valence-corrected chi connectivity index (χ3v) is 3.10. The number of hydrogen-bond acceptors (Lipinski definition) is 2. The van der Waals surface area contributed by atoms with Crippen LogP contribution in [0.1, 0.15) is 12.8 Å². The average Bonchev–Trinajstić information content (AvgIpc) is 2.91. The minimum Gasteiger partial charge on any atom is -0.481 e. The summed E-state index contributed by atoms with van der Waals surface area (Å²) >= 11 is 0. The molecule has 2 saturated carbocycles. The predicted octanol–water partition coefficient (Wildman–Crippen LogP) is 0.528. The van der Waals surface area contributed by atoms with Gasteiger partial charge in [-0.25, -0.2) is 0 Å². The molecule has 2 fully saturated rings. The van der Waals surface area contributed by atoms with E-state index in [0.717, 1.165) is 0 Å². The number of aliphatic carboxylic acids is 1. The Balaban J connectivity index is 1.87. The Morgan fingerprint density at radius 2 is 1.93 bits per heavy atom. The standard InChI is InChI=1S/C8H8F3NO3/c9-8(10,11)6(15)12-4-2-7(4)1-3(7)5(13)14/h3-4H,1-2H2,(H,12,15)(H,13,14). The summed E-state index contributed by atoms with van der Waals surface area (Å²) in [6.45, 7) is 0. The van der Waals surface area contributed by atoms with Crippen LogP contribution in [0.4, 0.5) is 13.2 Å². The molecule has 4 nitrogen and oxygen atoms in total. The van der Waals surface area contributed by atoms with E-state index in [1.807, 2.05) is 0 Å². The normalized spacial score (nSPS) is 37.5. The summed E-state index contributed by atoms with van der Waals surface area (Å²) in [5, 5.41) is 10.4. The van der Waals surface area contributed by atoms with Gasteiger partial charge in [0.1, 0.15) is 0 Å². The molecule has 0 saturated heterocycles. The van der Waals surface area contributed by atoms with Crippen molar-refractivity contribution in [3.05, 3.63) is 0 Å². The number of nitrogens with one attached hydrogen (secondary N) is 1. The number of rotatable bonds is 2.